The van der Waals surface area contributed by atoms with Gasteiger partial charge < -0.3 is 34.4 Å². The van der Waals surface area contributed by atoms with Gasteiger partial charge >= 0.3 is 5.97 Å². The van der Waals surface area contributed by atoms with Gasteiger partial charge in [0.1, 0.15) is 18.1 Å². The van der Waals surface area contributed by atoms with Crippen LogP contribution in [0.25, 0.3) is 5.57 Å². The van der Waals surface area contributed by atoms with Crippen molar-refractivity contribution in [2.75, 3.05) is 33.0 Å². The summed E-state index contributed by atoms with van der Waals surface area (Å²) in [6, 6.07) is 7.18. The lowest BCUT2D eigenvalue weighted by Crippen LogP contribution is -2.49. The van der Waals surface area contributed by atoms with Crippen LogP contribution in [0.4, 0.5) is 0 Å². The topological polar surface area (TPSA) is 126 Å². The van der Waals surface area contributed by atoms with Crippen LogP contribution in [-0.2, 0) is 19.1 Å². The average Bonchev–Trinajstić information content (AvgIpc) is 3.02. The summed E-state index contributed by atoms with van der Waals surface area (Å²) >= 11 is 0. The molecule has 43 heavy (non-hydrogen) atoms. The van der Waals surface area contributed by atoms with E-state index in [1.54, 1.807) is 0 Å². The van der Waals surface area contributed by atoms with Gasteiger partial charge in [-0.25, -0.2) is 4.79 Å². The number of rotatable bonds is 19. The van der Waals surface area contributed by atoms with Crippen LogP contribution >= 0.6 is 0 Å². The fourth-order valence-corrected chi connectivity index (χ4v) is 5.29. The number of ether oxygens (including phenoxy) is 3. The Morgan fingerprint density at radius 3 is 2.40 bits per heavy atom. The zero-order valence-corrected chi connectivity index (χ0v) is 25.4. The maximum Gasteiger partial charge on any atom is 0.330 e. The Bertz CT molecular complexity index is 1140. The molecule has 1 aromatic carbocycles. The number of carbonyl (C=O) groups is 2. The SMILES string of the molecule is C=CC(=O)OCCC(O)C(O)CCOC1=CC2C(C=C1)C=C(c1ccc(OCCO)cc1)C(=O)N2CC(CC)CCCC. The summed E-state index contributed by atoms with van der Waals surface area (Å²) in [6.07, 6.45) is 11.4. The highest BCUT2D eigenvalue weighted by Gasteiger charge is 2.37. The minimum Gasteiger partial charge on any atom is -0.494 e. The lowest BCUT2D eigenvalue weighted by molar-refractivity contribution is -0.139. The van der Waals surface area contributed by atoms with Crippen molar-refractivity contribution in [3.8, 4) is 5.75 Å². The summed E-state index contributed by atoms with van der Waals surface area (Å²) in [5, 5.41) is 29.5. The largest absolute Gasteiger partial charge is 0.494 e. The number of hydrogen-bond acceptors (Lipinski definition) is 8. The number of fused-ring (bicyclic) bond motifs is 1. The summed E-state index contributed by atoms with van der Waals surface area (Å²) < 4.78 is 16.3. The van der Waals surface area contributed by atoms with Gasteiger partial charge in [-0.1, -0.05) is 64.0 Å². The van der Waals surface area contributed by atoms with E-state index in [2.05, 4.69) is 20.4 Å². The first-order chi connectivity index (χ1) is 20.8. The van der Waals surface area contributed by atoms with Gasteiger partial charge in [0.05, 0.1) is 38.1 Å². The first kappa shape index (κ1) is 34.1. The van der Waals surface area contributed by atoms with Crippen molar-refractivity contribution < 1.29 is 39.1 Å². The molecule has 0 spiro atoms. The van der Waals surface area contributed by atoms with Crippen LogP contribution in [0.15, 0.2) is 67.0 Å². The van der Waals surface area contributed by atoms with Gasteiger partial charge in [0.25, 0.3) is 5.91 Å². The third-order valence-corrected chi connectivity index (χ3v) is 7.90. The van der Waals surface area contributed by atoms with Crippen molar-refractivity contribution in [2.24, 2.45) is 11.8 Å². The number of amides is 1. The number of benzene rings is 1. The standard InChI is InChI=1S/C34H47NO8/c1-4-7-8-24(5-2)23-35-30-22-28(41-18-15-31(37)32(38)16-19-43-33(39)6-3)14-11-26(30)21-29(34(35)40)25-9-12-27(13-10-25)42-20-17-36/h6,9-14,21-22,24,26,30-32,36-38H,3-5,7-8,15-20,23H2,1-2H3. The second-order valence-corrected chi connectivity index (χ2v) is 11.0. The maximum atomic E-state index is 14.0. The van der Waals surface area contributed by atoms with Crippen LogP contribution in [0.1, 0.15) is 57.9 Å². The van der Waals surface area contributed by atoms with E-state index >= 15 is 0 Å². The Hall–Kier alpha value is -3.40. The van der Waals surface area contributed by atoms with Gasteiger partial charge in [-0.15, -0.1) is 0 Å². The second kappa shape index (κ2) is 17.7. The molecule has 0 aromatic heterocycles. The molecule has 9 nitrogen and oxygen atoms in total. The molecule has 0 bridgehead atoms. The van der Waals surface area contributed by atoms with E-state index in [4.69, 9.17) is 19.3 Å². The van der Waals surface area contributed by atoms with Crippen molar-refractivity contribution in [3.63, 3.8) is 0 Å². The van der Waals surface area contributed by atoms with E-state index in [9.17, 15) is 19.8 Å². The van der Waals surface area contributed by atoms with E-state index in [1.165, 1.54) is 0 Å². The van der Waals surface area contributed by atoms with Gasteiger partial charge in [0, 0.05) is 37.0 Å². The molecular weight excluding hydrogens is 550 g/mol. The molecule has 0 saturated heterocycles. The molecule has 9 heteroatoms. The Morgan fingerprint density at radius 2 is 1.74 bits per heavy atom. The summed E-state index contributed by atoms with van der Waals surface area (Å²) in [4.78, 5) is 27.1. The predicted molar refractivity (Wildman–Crippen MR) is 165 cm³/mol. The van der Waals surface area contributed by atoms with Crippen molar-refractivity contribution in [3.05, 3.63) is 72.5 Å². The zero-order chi connectivity index (χ0) is 31.2. The first-order valence-electron chi connectivity index (χ1n) is 15.4. The Kier molecular flexibility index (Phi) is 14.0. The van der Waals surface area contributed by atoms with Crippen LogP contribution in [0.3, 0.4) is 0 Å². The van der Waals surface area contributed by atoms with E-state index in [0.29, 0.717) is 29.5 Å². The number of esters is 1. The van der Waals surface area contributed by atoms with Crippen LogP contribution in [0, 0.1) is 11.8 Å². The highest BCUT2D eigenvalue weighted by molar-refractivity contribution is 6.20. The molecule has 1 aliphatic heterocycles. The second-order valence-electron chi connectivity index (χ2n) is 11.0. The van der Waals surface area contributed by atoms with Crippen LogP contribution in [0.2, 0.25) is 0 Å². The van der Waals surface area contributed by atoms with Gasteiger partial charge in [0.15, 0.2) is 0 Å². The normalized spacial score (nSPS) is 19.9. The fraction of sp³-hybridized carbons (Fsp3) is 0.529. The molecule has 2 aliphatic rings. The smallest absolute Gasteiger partial charge is 0.330 e. The van der Waals surface area contributed by atoms with Crippen LogP contribution < -0.4 is 4.74 Å². The number of carbonyl (C=O) groups excluding carboxylic acids is 2. The quantitative estimate of drug-likeness (QED) is 0.160. The Balaban J connectivity index is 1.71. The molecule has 3 rings (SSSR count). The molecule has 0 saturated carbocycles. The molecule has 5 atom stereocenters. The molecule has 236 valence electrons. The number of aliphatic hydroxyl groups excluding tert-OH is 3. The number of unbranched alkanes of at least 4 members (excludes halogenated alkanes) is 1. The van der Waals surface area contributed by atoms with Crippen LogP contribution in [0.5, 0.6) is 5.75 Å². The minimum absolute atomic E-state index is 0.0150. The highest BCUT2D eigenvalue weighted by atomic mass is 16.5. The summed E-state index contributed by atoms with van der Waals surface area (Å²) in [7, 11) is 0. The van der Waals surface area contributed by atoms with Crippen molar-refractivity contribution >= 4 is 17.4 Å². The van der Waals surface area contributed by atoms with Crippen molar-refractivity contribution in [2.45, 2.75) is 70.6 Å². The third kappa shape index (κ3) is 10.1. The third-order valence-electron chi connectivity index (χ3n) is 7.90. The fourth-order valence-electron chi connectivity index (χ4n) is 5.29. The average molecular weight is 598 g/mol. The molecular formula is C34H47NO8. The van der Waals surface area contributed by atoms with Crippen molar-refractivity contribution in [1.82, 2.24) is 4.90 Å². The molecule has 3 N–H and O–H groups in total. The molecule has 5 unspecified atom stereocenters. The minimum atomic E-state index is -1.05. The number of nitrogens with zero attached hydrogens (tertiary/aromatic N) is 1. The highest BCUT2D eigenvalue weighted by Crippen LogP contribution is 2.35. The van der Waals surface area contributed by atoms with Gasteiger partial charge in [-0.3, -0.25) is 4.79 Å². The number of allylic oxidation sites excluding steroid dienone is 1. The van der Waals surface area contributed by atoms with E-state index in [-0.39, 0.29) is 57.1 Å². The number of aliphatic hydroxyl groups is 3. The summed E-state index contributed by atoms with van der Waals surface area (Å²) in [5.74, 6) is 1.00. The maximum absolute atomic E-state index is 14.0. The molecule has 1 aromatic rings. The Morgan fingerprint density at radius 1 is 1.02 bits per heavy atom. The first-order valence-corrected chi connectivity index (χ1v) is 15.4. The van der Waals surface area contributed by atoms with Gasteiger partial charge in [0.2, 0.25) is 0 Å². The molecule has 1 amide bonds. The number of hydrogen-bond donors (Lipinski definition) is 3. The van der Waals surface area contributed by atoms with Crippen LogP contribution in [-0.4, -0.2) is 83.3 Å². The molecule has 0 fully saturated rings. The lowest BCUT2D eigenvalue weighted by atomic mass is 9.84. The van der Waals surface area contributed by atoms with E-state index in [0.717, 1.165) is 37.3 Å². The predicted octanol–water partition coefficient (Wildman–Crippen LogP) is 4.19. The zero-order valence-electron chi connectivity index (χ0n) is 25.4. The Labute approximate surface area is 255 Å². The summed E-state index contributed by atoms with van der Waals surface area (Å²) in [6.45, 7) is 8.61. The van der Waals surface area contributed by atoms with E-state index in [1.807, 2.05) is 53.5 Å². The van der Waals surface area contributed by atoms with Gasteiger partial charge in [-0.05, 0) is 42.2 Å². The lowest BCUT2D eigenvalue weighted by Gasteiger charge is -2.41. The molecule has 0 radical (unpaired) electrons. The van der Waals surface area contributed by atoms with Crippen molar-refractivity contribution in [1.29, 1.82) is 0 Å². The van der Waals surface area contributed by atoms with E-state index < -0.39 is 18.2 Å². The van der Waals surface area contributed by atoms with Gasteiger partial charge in [-0.2, -0.15) is 0 Å². The monoisotopic (exact) mass is 597 g/mol. The molecule has 1 heterocycles. The molecule has 1 aliphatic carbocycles. The summed E-state index contributed by atoms with van der Waals surface area (Å²) in [5.41, 5.74) is 1.47.